The van der Waals surface area contributed by atoms with Crippen LogP contribution in [0.3, 0.4) is 0 Å². The van der Waals surface area contributed by atoms with Gasteiger partial charge < -0.3 is 9.72 Å². The second kappa shape index (κ2) is 6.79. The molecule has 1 aromatic heterocycles. The van der Waals surface area contributed by atoms with Gasteiger partial charge in [-0.15, -0.1) is 0 Å². The molecule has 0 unspecified atom stereocenters. The largest absolute Gasteiger partial charge is 0.465 e. The number of carbonyl (C=O) groups excluding carboxylic acids is 1. The Morgan fingerprint density at radius 2 is 1.92 bits per heavy atom. The number of esters is 1. The first-order valence-electron chi connectivity index (χ1n) is 7.11. The van der Waals surface area contributed by atoms with Crippen molar-refractivity contribution in [2.75, 3.05) is 11.8 Å². The van der Waals surface area contributed by atoms with Crippen molar-refractivity contribution in [3.63, 3.8) is 0 Å². The van der Waals surface area contributed by atoms with Crippen LogP contribution >= 0.6 is 23.2 Å². The van der Waals surface area contributed by atoms with Gasteiger partial charge in [0.15, 0.2) is 5.82 Å². The van der Waals surface area contributed by atoms with E-state index >= 15 is 0 Å². The van der Waals surface area contributed by atoms with E-state index in [2.05, 4.69) is 14.4 Å². The van der Waals surface area contributed by atoms with E-state index in [0.29, 0.717) is 20.9 Å². The fourth-order valence-corrected chi connectivity index (χ4v) is 4.17. The number of ether oxygens (including phenoxy) is 1. The van der Waals surface area contributed by atoms with Gasteiger partial charge in [-0.3, -0.25) is 4.72 Å². The Labute approximate surface area is 157 Å². The van der Waals surface area contributed by atoms with Crippen molar-refractivity contribution in [3.8, 4) is 0 Å². The molecule has 26 heavy (non-hydrogen) atoms. The quantitative estimate of drug-likeness (QED) is 0.623. The molecule has 3 rings (SSSR count). The Balaban J connectivity index is 2.09. The second-order valence-corrected chi connectivity index (χ2v) is 7.66. The maximum absolute atomic E-state index is 14.5. The van der Waals surface area contributed by atoms with E-state index in [0.717, 1.165) is 19.2 Å². The van der Waals surface area contributed by atoms with Crippen LogP contribution in [0.15, 0.2) is 41.4 Å². The van der Waals surface area contributed by atoms with Gasteiger partial charge in [0.2, 0.25) is 0 Å². The molecule has 0 radical (unpaired) electrons. The molecular weight excluding hydrogens is 406 g/mol. The third kappa shape index (κ3) is 3.11. The Morgan fingerprint density at radius 3 is 2.62 bits per heavy atom. The molecule has 10 heteroatoms. The molecule has 0 saturated carbocycles. The van der Waals surface area contributed by atoms with E-state index in [1.807, 2.05) is 0 Å². The third-order valence-electron chi connectivity index (χ3n) is 3.64. The highest BCUT2D eigenvalue weighted by Crippen LogP contribution is 2.35. The highest BCUT2D eigenvalue weighted by atomic mass is 35.5. The summed E-state index contributed by atoms with van der Waals surface area (Å²) in [5, 5.41) is 1.07. The molecule has 0 aliphatic rings. The lowest BCUT2D eigenvalue weighted by molar-refractivity contribution is 0.0595. The minimum Gasteiger partial charge on any atom is -0.465 e. The molecule has 1 heterocycles. The smallest absolute Gasteiger partial charge is 0.340 e. The number of hydrogen-bond acceptors (Lipinski definition) is 4. The fraction of sp³-hybridized carbons (Fsp3) is 0.0625. The molecular formula is C16H11Cl2FN2O4S. The number of nitrogens with one attached hydrogen (secondary N) is 2. The summed E-state index contributed by atoms with van der Waals surface area (Å²) in [4.78, 5) is 13.7. The summed E-state index contributed by atoms with van der Waals surface area (Å²) in [5.41, 5.74) is -0.0191. The molecule has 0 aliphatic carbocycles. The predicted molar refractivity (Wildman–Crippen MR) is 96.9 cm³/mol. The zero-order chi connectivity index (χ0) is 19.1. The Bertz CT molecular complexity index is 1130. The van der Waals surface area contributed by atoms with Crippen molar-refractivity contribution >= 4 is 55.8 Å². The summed E-state index contributed by atoms with van der Waals surface area (Å²) >= 11 is 12.1. The number of rotatable bonds is 4. The summed E-state index contributed by atoms with van der Waals surface area (Å²) in [6, 6.07) is 6.29. The molecule has 2 N–H and O–H groups in total. The van der Waals surface area contributed by atoms with Crippen molar-refractivity contribution in [2.45, 2.75) is 4.90 Å². The number of benzene rings is 2. The summed E-state index contributed by atoms with van der Waals surface area (Å²) in [6.07, 6.45) is 1.45. The lowest BCUT2D eigenvalue weighted by Gasteiger charge is -2.12. The van der Waals surface area contributed by atoms with Gasteiger partial charge in [0, 0.05) is 11.6 Å². The molecule has 3 aromatic rings. The van der Waals surface area contributed by atoms with Gasteiger partial charge >= 0.3 is 5.97 Å². The minimum atomic E-state index is -4.34. The van der Waals surface area contributed by atoms with Crippen LogP contribution in [0.2, 0.25) is 10.0 Å². The van der Waals surface area contributed by atoms with Crippen LogP contribution in [-0.4, -0.2) is 26.5 Å². The van der Waals surface area contributed by atoms with Gasteiger partial charge in [-0.2, -0.15) is 0 Å². The maximum atomic E-state index is 14.5. The molecule has 136 valence electrons. The molecule has 0 bridgehead atoms. The number of fused-ring (bicyclic) bond motifs is 1. The number of aromatic nitrogens is 1. The second-order valence-electron chi connectivity index (χ2n) is 5.20. The van der Waals surface area contributed by atoms with Gasteiger partial charge in [-0.25, -0.2) is 17.6 Å². The number of methoxy groups -OCH3 is 1. The van der Waals surface area contributed by atoms with Crippen LogP contribution in [-0.2, 0) is 14.8 Å². The highest BCUT2D eigenvalue weighted by Gasteiger charge is 2.25. The van der Waals surface area contributed by atoms with Crippen LogP contribution in [0.4, 0.5) is 10.1 Å². The monoisotopic (exact) mass is 416 g/mol. The molecule has 0 atom stereocenters. The van der Waals surface area contributed by atoms with Gasteiger partial charge in [0.1, 0.15) is 4.90 Å². The van der Waals surface area contributed by atoms with E-state index in [1.54, 1.807) is 0 Å². The van der Waals surface area contributed by atoms with Crippen molar-refractivity contribution in [1.82, 2.24) is 4.98 Å². The summed E-state index contributed by atoms with van der Waals surface area (Å²) in [5.74, 6) is -2.19. The third-order valence-corrected chi connectivity index (χ3v) is 5.64. The van der Waals surface area contributed by atoms with Gasteiger partial charge in [0.05, 0.1) is 33.9 Å². The minimum absolute atomic E-state index is 0.124. The molecule has 0 amide bonds. The highest BCUT2D eigenvalue weighted by molar-refractivity contribution is 7.92. The SMILES string of the molecule is COC(=O)c1cccc(S(=O)(=O)Nc2ccc(Cl)c3c(Cl)c[nH]c23)c1F. The Kier molecular flexibility index (Phi) is 4.83. The van der Waals surface area contributed by atoms with Crippen LogP contribution in [0.25, 0.3) is 10.9 Å². The zero-order valence-electron chi connectivity index (χ0n) is 13.1. The number of aromatic amines is 1. The van der Waals surface area contributed by atoms with Gasteiger partial charge in [-0.1, -0.05) is 29.3 Å². The van der Waals surface area contributed by atoms with E-state index in [-0.39, 0.29) is 5.69 Å². The zero-order valence-corrected chi connectivity index (χ0v) is 15.5. The molecule has 6 nitrogen and oxygen atoms in total. The standard InChI is InChI=1S/C16H11Cl2FN2O4S/c1-25-16(22)8-3-2-4-12(14(8)19)26(23,24)21-11-6-5-9(17)13-10(18)7-20-15(11)13/h2-7,20-21H,1H3. The number of H-pyrrole nitrogens is 1. The van der Waals surface area contributed by atoms with Crippen LogP contribution < -0.4 is 4.72 Å². The lowest BCUT2D eigenvalue weighted by Crippen LogP contribution is -2.17. The number of sulfonamides is 1. The first-order valence-corrected chi connectivity index (χ1v) is 9.35. The van der Waals surface area contributed by atoms with E-state index in [9.17, 15) is 17.6 Å². The molecule has 0 aliphatic heterocycles. The lowest BCUT2D eigenvalue weighted by atomic mass is 10.2. The Hall–Kier alpha value is -2.29. The average molecular weight is 417 g/mol. The summed E-state index contributed by atoms with van der Waals surface area (Å²) < 4.78 is 46.5. The van der Waals surface area contributed by atoms with Crippen LogP contribution in [0, 0.1) is 5.82 Å². The molecule has 0 saturated heterocycles. The van der Waals surface area contributed by atoms with Gasteiger partial charge in [-0.05, 0) is 24.3 Å². The number of carbonyl (C=O) groups is 1. The predicted octanol–water partition coefficient (Wildman–Crippen LogP) is 4.20. The van der Waals surface area contributed by atoms with Crippen molar-refractivity contribution < 1.29 is 22.3 Å². The first-order chi connectivity index (χ1) is 12.3. The fourth-order valence-electron chi connectivity index (χ4n) is 2.44. The number of halogens is 3. The molecule has 0 spiro atoms. The number of anilines is 1. The van der Waals surface area contributed by atoms with Crippen LogP contribution in [0.1, 0.15) is 10.4 Å². The molecule has 0 fully saturated rings. The van der Waals surface area contributed by atoms with E-state index in [4.69, 9.17) is 23.2 Å². The van der Waals surface area contributed by atoms with Crippen LogP contribution in [0.5, 0.6) is 0 Å². The van der Waals surface area contributed by atoms with Gasteiger partial charge in [0.25, 0.3) is 10.0 Å². The summed E-state index contributed by atoms with van der Waals surface area (Å²) in [7, 11) is -3.27. The van der Waals surface area contributed by atoms with Crippen molar-refractivity contribution in [3.05, 3.63) is 58.0 Å². The summed E-state index contributed by atoms with van der Waals surface area (Å²) in [6.45, 7) is 0. The average Bonchev–Trinajstić information content (AvgIpc) is 2.99. The molecule has 2 aromatic carbocycles. The Morgan fingerprint density at radius 1 is 1.19 bits per heavy atom. The van der Waals surface area contributed by atoms with E-state index in [1.165, 1.54) is 24.4 Å². The normalized spacial score (nSPS) is 11.5. The maximum Gasteiger partial charge on any atom is 0.340 e. The van der Waals surface area contributed by atoms with Crippen molar-refractivity contribution in [1.29, 1.82) is 0 Å². The van der Waals surface area contributed by atoms with E-state index < -0.39 is 32.3 Å². The topological polar surface area (TPSA) is 88.3 Å². The number of hydrogen-bond donors (Lipinski definition) is 2. The first kappa shape index (κ1) is 18.5. The van der Waals surface area contributed by atoms with Crippen molar-refractivity contribution in [2.24, 2.45) is 0 Å².